The summed E-state index contributed by atoms with van der Waals surface area (Å²) >= 11 is 11.6. The summed E-state index contributed by atoms with van der Waals surface area (Å²) in [6.07, 6.45) is 0. The van der Waals surface area contributed by atoms with Gasteiger partial charge in [-0.1, -0.05) is 41.4 Å². The van der Waals surface area contributed by atoms with E-state index in [4.69, 9.17) is 23.2 Å². The maximum absolute atomic E-state index is 13.4. The van der Waals surface area contributed by atoms with Crippen molar-refractivity contribution in [1.82, 2.24) is 0 Å². The molecule has 2 aromatic rings. The highest BCUT2D eigenvalue weighted by Crippen LogP contribution is 2.27. The molecule has 2 aromatic carbocycles. The fourth-order valence-corrected chi connectivity index (χ4v) is 2.02. The zero-order valence-corrected chi connectivity index (χ0v) is 11.6. The first-order valence-electron chi connectivity index (χ1n) is 5.68. The van der Waals surface area contributed by atoms with E-state index in [1.54, 1.807) is 24.3 Å². The van der Waals surface area contributed by atoms with Gasteiger partial charge in [0.15, 0.2) is 6.04 Å². The molecule has 0 aliphatic heterocycles. The number of carboxylic acid groups (broad SMARTS) is 1. The summed E-state index contributed by atoms with van der Waals surface area (Å²) in [7, 11) is 0. The van der Waals surface area contributed by atoms with Crippen LogP contribution in [0.5, 0.6) is 0 Å². The van der Waals surface area contributed by atoms with Crippen molar-refractivity contribution in [2.45, 2.75) is 6.04 Å². The van der Waals surface area contributed by atoms with Crippen LogP contribution in [0.2, 0.25) is 10.0 Å². The quantitative estimate of drug-likeness (QED) is 0.881. The summed E-state index contributed by atoms with van der Waals surface area (Å²) in [5.74, 6) is -1.82. The van der Waals surface area contributed by atoms with Gasteiger partial charge in [0.05, 0.1) is 15.7 Å². The minimum atomic E-state index is -1.15. The minimum absolute atomic E-state index is 0.0596. The smallest absolute Gasteiger partial charge is 0.330 e. The molecule has 1 atom stereocenters. The Morgan fingerprint density at radius 3 is 2.45 bits per heavy atom. The van der Waals surface area contributed by atoms with Crippen molar-refractivity contribution in [1.29, 1.82) is 0 Å². The van der Waals surface area contributed by atoms with Gasteiger partial charge in [-0.15, -0.1) is 0 Å². The minimum Gasteiger partial charge on any atom is -0.479 e. The van der Waals surface area contributed by atoms with Crippen molar-refractivity contribution in [2.24, 2.45) is 0 Å². The van der Waals surface area contributed by atoms with Crippen LogP contribution in [0.3, 0.4) is 0 Å². The van der Waals surface area contributed by atoms with Crippen LogP contribution in [0.1, 0.15) is 11.6 Å². The lowest BCUT2D eigenvalue weighted by Crippen LogP contribution is -2.20. The summed E-state index contributed by atoms with van der Waals surface area (Å²) in [6.45, 7) is 0. The first-order chi connectivity index (χ1) is 9.49. The number of nitrogens with one attached hydrogen (secondary N) is 1. The summed E-state index contributed by atoms with van der Waals surface area (Å²) in [4.78, 5) is 11.4. The largest absolute Gasteiger partial charge is 0.479 e. The van der Waals surface area contributed by atoms with Gasteiger partial charge in [-0.05, 0) is 29.8 Å². The highest BCUT2D eigenvalue weighted by atomic mass is 35.5. The van der Waals surface area contributed by atoms with Gasteiger partial charge in [-0.2, -0.15) is 0 Å². The van der Waals surface area contributed by atoms with Crippen LogP contribution in [-0.4, -0.2) is 11.1 Å². The molecule has 20 heavy (non-hydrogen) atoms. The summed E-state index contributed by atoms with van der Waals surface area (Å²) < 4.78 is 13.4. The molecule has 0 bridgehead atoms. The lowest BCUT2D eigenvalue weighted by Gasteiger charge is -2.17. The number of carbonyl (C=O) groups is 1. The lowest BCUT2D eigenvalue weighted by atomic mass is 10.1. The molecule has 0 amide bonds. The van der Waals surface area contributed by atoms with E-state index in [1.165, 1.54) is 12.1 Å². The predicted molar refractivity (Wildman–Crippen MR) is 76.9 cm³/mol. The van der Waals surface area contributed by atoms with Crippen molar-refractivity contribution in [3.63, 3.8) is 0 Å². The molecule has 1 unspecified atom stereocenters. The molecule has 0 saturated carbocycles. The number of hydrogen-bond donors (Lipinski definition) is 2. The van der Waals surface area contributed by atoms with Crippen molar-refractivity contribution in [3.8, 4) is 0 Å². The molecule has 6 heteroatoms. The van der Waals surface area contributed by atoms with Gasteiger partial charge in [-0.25, -0.2) is 9.18 Å². The van der Waals surface area contributed by atoms with Crippen molar-refractivity contribution >= 4 is 34.9 Å². The molecular formula is C14H10Cl2FNO2. The predicted octanol–water partition coefficient (Wildman–Crippen LogP) is 4.37. The summed E-state index contributed by atoms with van der Waals surface area (Å²) in [5.41, 5.74) is 0.705. The normalized spacial score (nSPS) is 11.9. The number of anilines is 1. The van der Waals surface area contributed by atoms with Gasteiger partial charge in [0.25, 0.3) is 0 Å². The SMILES string of the molecule is O=C(O)C(Nc1ccccc1Cl)c1ccc(Cl)c(F)c1. The molecule has 0 heterocycles. The zero-order chi connectivity index (χ0) is 14.7. The Bertz CT molecular complexity index is 649. The molecule has 2 rings (SSSR count). The fourth-order valence-electron chi connectivity index (χ4n) is 1.71. The number of hydrogen-bond acceptors (Lipinski definition) is 2. The van der Waals surface area contributed by atoms with Gasteiger partial charge in [-0.3, -0.25) is 0 Å². The van der Waals surface area contributed by atoms with Crippen LogP contribution < -0.4 is 5.32 Å². The average Bonchev–Trinajstić information content (AvgIpc) is 2.41. The average molecular weight is 314 g/mol. The Hall–Kier alpha value is -1.78. The van der Waals surface area contributed by atoms with E-state index < -0.39 is 17.8 Å². The lowest BCUT2D eigenvalue weighted by molar-refractivity contribution is -0.138. The van der Waals surface area contributed by atoms with Crippen LogP contribution in [0.4, 0.5) is 10.1 Å². The number of benzene rings is 2. The molecule has 0 aliphatic carbocycles. The fraction of sp³-hybridized carbons (Fsp3) is 0.0714. The first kappa shape index (κ1) is 14.6. The summed E-state index contributed by atoms with van der Waals surface area (Å²) in [5, 5.41) is 12.4. The molecule has 0 saturated heterocycles. The van der Waals surface area contributed by atoms with E-state index in [9.17, 15) is 14.3 Å². The van der Waals surface area contributed by atoms with E-state index in [2.05, 4.69) is 5.32 Å². The van der Waals surface area contributed by atoms with E-state index in [1.807, 2.05) is 0 Å². The van der Waals surface area contributed by atoms with Crippen LogP contribution in [0.15, 0.2) is 42.5 Å². The van der Waals surface area contributed by atoms with E-state index in [0.717, 1.165) is 6.07 Å². The van der Waals surface area contributed by atoms with Gasteiger partial charge in [0, 0.05) is 0 Å². The molecular weight excluding hydrogens is 304 g/mol. The van der Waals surface area contributed by atoms with Crippen LogP contribution in [-0.2, 0) is 4.79 Å². The Morgan fingerprint density at radius 2 is 1.85 bits per heavy atom. The second kappa shape index (κ2) is 6.11. The van der Waals surface area contributed by atoms with Crippen molar-refractivity contribution in [3.05, 3.63) is 63.9 Å². The summed E-state index contributed by atoms with van der Waals surface area (Å²) in [6, 6.07) is 9.45. The van der Waals surface area contributed by atoms with Crippen LogP contribution >= 0.6 is 23.2 Å². The Morgan fingerprint density at radius 1 is 1.15 bits per heavy atom. The number of carboxylic acids is 1. The van der Waals surface area contributed by atoms with Crippen LogP contribution in [0, 0.1) is 5.82 Å². The molecule has 3 nitrogen and oxygen atoms in total. The van der Waals surface area contributed by atoms with E-state index in [-0.39, 0.29) is 10.6 Å². The molecule has 0 aromatic heterocycles. The standard InChI is InChI=1S/C14H10Cl2FNO2/c15-9-6-5-8(7-11(9)17)13(14(19)20)18-12-4-2-1-3-10(12)16/h1-7,13,18H,(H,19,20). The molecule has 2 N–H and O–H groups in total. The highest BCUT2D eigenvalue weighted by Gasteiger charge is 2.21. The van der Waals surface area contributed by atoms with Gasteiger partial charge >= 0.3 is 5.97 Å². The Balaban J connectivity index is 2.34. The second-order valence-electron chi connectivity index (χ2n) is 4.07. The highest BCUT2D eigenvalue weighted by molar-refractivity contribution is 6.33. The second-order valence-corrected chi connectivity index (χ2v) is 4.88. The topological polar surface area (TPSA) is 49.3 Å². The number of rotatable bonds is 4. The third-order valence-electron chi connectivity index (χ3n) is 2.70. The van der Waals surface area contributed by atoms with E-state index in [0.29, 0.717) is 10.7 Å². The molecule has 0 spiro atoms. The third kappa shape index (κ3) is 3.21. The zero-order valence-electron chi connectivity index (χ0n) is 10.1. The molecule has 0 radical (unpaired) electrons. The monoisotopic (exact) mass is 313 g/mol. The number of halogens is 3. The van der Waals surface area contributed by atoms with Gasteiger partial charge < -0.3 is 10.4 Å². The van der Waals surface area contributed by atoms with E-state index >= 15 is 0 Å². The third-order valence-corrected chi connectivity index (χ3v) is 3.33. The molecule has 0 fully saturated rings. The van der Waals surface area contributed by atoms with Crippen molar-refractivity contribution < 1.29 is 14.3 Å². The maximum Gasteiger partial charge on any atom is 0.330 e. The maximum atomic E-state index is 13.4. The number of aliphatic carboxylic acids is 1. The van der Waals surface area contributed by atoms with Gasteiger partial charge in [0.2, 0.25) is 0 Å². The molecule has 0 aliphatic rings. The van der Waals surface area contributed by atoms with Gasteiger partial charge in [0.1, 0.15) is 5.82 Å². The Kier molecular flexibility index (Phi) is 4.47. The van der Waals surface area contributed by atoms with Crippen LogP contribution in [0.25, 0.3) is 0 Å². The van der Waals surface area contributed by atoms with Crippen molar-refractivity contribution in [2.75, 3.05) is 5.32 Å². The number of para-hydroxylation sites is 1. The molecule has 104 valence electrons. The Labute approximate surface area is 124 Å². The first-order valence-corrected chi connectivity index (χ1v) is 6.43.